The number of anilines is 1. The molecule has 0 spiro atoms. The van der Waals surface area contributed by atoms with E-state index >= 15 is 0 Å². The van der Waals surface area contributed by atoms with Gasteiger partial charge in [-0.1, -0.05) is 22.0 Å². The molecule has 2 rings (SSSR count). The maximum atomic E-state index is 13.0. The van der Waals surface area contributed by atoms with Crippen molar-refractivity contribution < 1.29 is 9.18 Å². The molecular formula is C13H10BrFN2O. The number of hydrogen-bond donors (Lipinski definition) is 1. The number of aryl methyl sites for hydroxylation is 1. The van der Waals surface area contributed by atoms with Crippen molar-refractivity contribution in [1.82, 2.24) is 4.98 Å². The second-order valence-electron chi connectivity index (χ2n) is 3.81. The third-order valence-corrected chi connectivity index (χ3v) is 2.91. The van der Waals surface area contributed by atoms with E-state index in [2.05, 4.69) is 26.2 Å². The Bertz CT molecular complexity index is 601. The summed E-state index contributed by atoms with van der Waals surface area (Å²) in [5.41, 5.74) is 1.80. The second-order valence-corrected chi connectivity index (χ2v) is 4.72. The summed E-state index contributed by atoms with van der Waals surface area (Å²) in [6, 6.07) is 6.70. The van der Waals surface area contributed by atoms with Crippen molar-refractivity contribution in [3.63, 3.8) is 0 Å². The monoisotopic (exact) mass is 308 g/mol. The lowest BCUT2D eigenvalue weighted by atomic mass is 10.2. The number of carbonyl (C=O) groups excluding carboxylic acids is 1. The summed E-state index contributed by atoms with van der Waals surface area (Å²) in [4.78, 5) is 15.5. The topological polar surface area (TPSA) is 42.0 Å². The Hall–Kier alpha value is -1.75. The van der Waals surface area contributed by atoms with E-state index in [1.807, 2.05) is 19.1 Å². The number of nitrogens with zero attached hydrogens (tertiary/aromatic N) is 1. The maximum Gasteiger partial charge on any atom is 0.257 e. The lowest BCUT2D eigenvalue weighted by molar-refractivity contribution is 0.102. The summed E-state index contributed by atoms with van der Waals surface area (Å²) in [5, 5.41) is 2.72. The molecule has 1 amide bonds. The van der Waals surface area contributed by atoms with Crippen molar-refractivity contribution >= 4 is 27.5 Å². The number of halogens is 2. The predicted octanol–water partition coefficient (Wildman–Crippen LogP) is 3.54. The Morgan fingerprint density at radius 2 is 2.11 bits per heavy atom. The van der Waals surface area contributed by atoms with Gasteiger partial charge in [-0.3, -0.25) is 9.78 Å². The van der Waals surface area contributed by atoms with E-state index in [-0.39, 0.29) is 11.5 Å². The highest BCUT2D eigenvalue weighted by atomic mass is 79.9. The second kappa shape index (κ2) is 5.27. The molecule has 0 fully saturated rings. The van der Waals surface area contributed by atoms with E-state index in [0.29, 0.717) is 5.69 Å². The summed E-state index contributed by atoms with van der Waals surface area (Å²) < 4.78 is 13.8. The fourth-order valence-electron chi connectivity index (χ4n) is 1.46. The van der Waals surface area contributed by atoms with Crippen LogP contribution in [0.5, 0.6) is 0 Å². The Balaban J connectivity index is 2.24. The van der Waals surface area contributed by atoms with Crippen LogP contribution in [-0.4, -0.2) is 10.9 Å². The molecule has 1 aromatic carbocycles. The summed E-state index contributed by atoms with van der Waals surface area (Å²) in [6.07, 6.45) is 2.38. The molecule has 0 radical (unpaired) electrons. The van der Waals surface area contributed by atoms with Crippen molar-refractivity contribution in [2.75, 3.05) is 5.32 Å². The average Bonchev–Trinajstić information content (AvgIpc) is 2.34. The minimum Gasteiger partial charge on any atom is -0.322 e. The Morgan fingerprint density at radius 3 is 2.83 bits per heavy atom. The summed E-state index contributed by atoms with van der Waals surface area (Å²) in [5.74, 6) is -0.920. The maximum absolute atomic E-state index is 13.0. The zero-order valence-electron chi connectivity index (χ0n) is 9.58. The van der Waals surface area contributed by atoms with Crippen LogP contribution in [0.15, 0.2) is 41.1 Å². The van der Waals surface area contributed by atoms with E-state index < -0.39 is 5.82 Å². The van der Waals surface area contributed by atoms with Gasteiger partial charge in [0.25, 0.3) is 5.91 Å². The van der Waals surface area contributed by atoms with Gasteiger partial charge < -0.3 is 5.32 Å². The highest BCUT2D eigenvalue weighted by Gasteiger charge is 2.09. The molecule has 0 bridgehead atoms. The van der Waals surface area contributed by atoms with E-state index in [0.717, 1.165) is 22.3 Å². The van der Waals surface area contributed by atoms with Crippen LogP contribution in [-0.2, 0) is 0 Å². The molecule has 3 nitrogen and oxygen atoms in total. The minimum absolute atomic E-state index is 0.189. The number of carbonyl (C=O) groups is 1. The number of nitrogens with one attached hydrogen (secondary N) is 1. The number of pyridine rings is 1. The number of rotatable bonds is 2. The van der Waals surface area contributed by atoms with Gasteiger partial charge in [-0.25, -0.2) is 4.39 Å². The molecule has 0 aliphatic heterocycles. The van der Waals surface area contributed by atoms with Crippen LogP contribution < -0.4 is 5.32 Å². The standard InChI is InChI=1S/C13H10BrFN2O/c1-8-2-3-10(14)5-12(8)17-13(18)9-4-11(15)7-16-6-9/h2-7H,1H3,(H,17,18). The van der Waals surface area contributed by atoms with Gasteiger partial charge >= 0.3 is 0 Å². The van der Waals surface area contributed by atoms with E-state index in [4.69, 9.17) is 0 Å². The van der Waals surface area contributed by atoms with Gasteiger partial charge in [0.1, 0.15) is 5.82 Å². The first-order chi connectivity index (χ1) is 8.56. The largest absolute Gasteiger partial charge is 0.322 e. The first-order valence-electron chi connectivity index (χ1n) is 5.24. The van der Waals surface area contributed by atoms with Gasteiger partial charge in [-0.2, -0.15) is 0 Å². The van der Waals surface area contributed by atoms with E-state index in [9.17, 15) is 9.18 Å². The molecule has 0 aliphatic rings. The van der Waals surface area contributed by atoms with Crippen molar-refractivity contribution in [2.24, 2.45) is 0 Å². The lowest BCUT2D eigenvalue weighted by Crippen LogP contribution is -2.13. The molecule has 2 aromatic rings. The summed E-state index contributed by atoms with van der Waals surface area (Å²) in [7, 11) is 0. The van der Waals surface area contributed by atoms with Crippen LogP contribution in [0.2, 0.25) is 0 Å². The molecule has 0 unspecified atom stereocenters. The molecule has 1 N–H and O–H groups in total. The molecule has 0 saturated heterocycles. The van der Waals surface area contributed by atoms with Crippen LogP contribution in [0.25, 0.3) is 0 Å². The minimum atomic E-state index is -0.534. The Labute approximate surface area is 112 Å². The van der Waals surface area contributed by atoms with Gasteiger partial charge in [0.15, 0.2) is 0 Å². The molecular weight excluding hydrogens is 299 g/mol. The number of hydrogen-bond acceptors (Lipinski definition) is 2. The third kappa shape index (κ3) is 2.92. The number of benzene rings is 1. The lowest BCUT2D eigenvalue weighted by Gasteiger charge is -2.08. The third-order valence-electron chi connectivity index (χ3n) is 2.41. The van der Waals surface area contributed by atoms with Crippen LogP contribution in [0.4, 0.5) is 10.1 Å². The first-order valence-corrected chi connectivity index (χ1v) is 6.03. The zero-order chi connectivity index (χ0) is 13.1. The van der Waals surface area contributed by atoms with Crippen molar-refractivity contribution in [2.45, 2.75) is 6.92 Å². The fourth-order valence-corrected chi connectivity index (χ4v) is 1.82. The van der Waals surface area contributed by atoms with Crippen LogP contribution in [0, 0.1) is 12.7 Å². The Kier molecular flexibility index (Phi) is 3.72. The zero-order valence-corrected chi connectivity index (χ0v) is 11.2. The normalized spacial score (nSPS) is 10.2. The molecule has 0 atom stereocenters. The van der Waals surface area contributed by atoms with Gasteiger partial charge in [0.05, 0.1) is 11.8 Å². The van der Waals surface area contributed by atoms with Crippen molar-refractivity contribution in [3.8, 4) is 0 Å². The number of aromatic nitrogens is 1. The average molecular weight is 309 g/mol. The van der Waals surface area contributed by atoms with Gasteiger partial charge in [-0.15, -0.1) is 0 Å². The number of amides is 1. The van der Waals surface area contributed by atoms with Crippen LogP contribution >= 0.6 is 15.9 Å². The Morgan fingerprint density at radius 1 is 1.33 bits per heavy atom. The quantitative estimate of drug-likeness (QED) is 0.922. The van der Waals surface area contributed by atoms with E-state index in [1.54, 1.807) is 6.07 Å². The molecule has 0 aliphatic carbocycles. The SMILES string of the molecule is Cc1ccc(Br)cc1NC(=O)c1cncc(F)c1. The van der Waals surface area contributed by atoms with Gasteiger partial charge in [0, 0.05) is 16.4 Å². The van der Waals surface area contributed by atoms with Crippen molar-refractivity contribution in [1.29, 1.82) is 0 Å². The molecule has 18 heavy (non-hydrogen) atoms. The van der Waals surface area contributed by atoms with Crippen molar-refractivity contribution in [3.05, 3.63) is 58.1 Å². The molecule has 0 saturated carbocycles. The predicted molar refractivity (Wildman–Crippen MR) is 71.0 cm³/mol. The highest BCUT2D eigenvalue weighted by molar-refractivity contribution is 9.10. The first kappa shape index (κ1) is 12.7. The molecule has 92 valence electrons. The highest BCUT2D eigenvalue weighted by Crippen LogP contribution is 2.21. The van der Waals surface area contributed by atoms with E-state index in [1.165, 1.54) is 6.20 Å². The summed E-state index contributed by atoms with van der Waals surface area (Å²) >= 11 is 3.33. The van der Waals surface area contributed by atoms with Gasteiger partial charge in [0.2, 0.25) is 0 Å². The molecule has 5 heteroatoms. The molecule has 1 aromatic heterocycles. The van der Waals surface area contributed by atoms with Crippen LogP contribution in [0.1, 0.15) is 15.9 Å². The van der Waals surface area contributed by atoms with Gasteiger partial charge in [-0.05, 0) is 30.7 Å². The summed E-state index contributed by atoms with van der Waals surface area (Å²) in [6.45, 7) is 1.88. The van der Waals surface area contributed by atoms with Crippen LogP contribution in [0.3, 0.4) is 0 Å². The fraction of sp³-hybridized carbons (Fsp3) is 0.0769. The molecule has 1 heterocycles. The smallest absolute Gasteiger partial charge is 0.257 e.